The van der Waals surface area contributed by atoms with Gasteiger partial charge in [0.2, 0.25) is 0 Å². The van der Waals surface area contributed by atoms with E-state index < -0.39 is 0 Å². The van der Waals surface area contributed by atoms with Gasteiger partial charge in [-0.15, -0.1) is 0 Å². The Kier molecular flexibility index (Phi) is 3.39. The van der Waals surface area contributed by atoms with E-state index in [1.165, 1.54) is 5.56 Å². The molecule has 0 unspecified atom stereocenters. The van der Waals surface area contributed by atoms with E-state index in [4.69, 9.17) is 0 Å². The number of benzene rings is 2. The van der Waals surface area contributed by atoms with Crippen LogP contribution in [0.15, 0.2) is 28.7 Å². The fraction of sp³-hybridized carbons (Fsp3) is 0.333. The summed E-state index contributed by atoms with van der Waals surface area (Å²) in [7, 11) is 0. The molecule has 0 bridgehead atoms. The molecule has 0 aromatic heterocycles. The van der Waals surface area contributed by atoms with Crippen molar-refractivity contribution in [2.24, 2.45) is 0 Å². The molecule has 0 spiro atoms. The summed E-state index contributed by atoms with van der Waals surface area (Å²) in [5.41, 5.74) is 1.86. The maximum absolute atomic E-state index is 9.92. The van der Waals surface area contributed by atoms with Crippen LogP contribution < -0.4 is 0 Å². The van der Waals surface area contributed by atoms with Crippen LogP contribution in [-0.2, 0) is 12.0 Å². The van der Waals surface area contributed by atoms with Crippen molar-refractivity contribution in [3.8, 4) is 5.75 Å². The summed E-state index contributed by atoms with van der Waals surface area (Å²) in [6, 6.07) is 8.02. The zero-order chi connectivity index (χ0) is 13.5. The van der Waals surface area contributed by atoms with Gasteiger partial charge in [0, 0.05) is 5.56 Å². The fourth-order valence-electron chi connectivity index (χ4n) is 1.99. The van der Waals surface area contributed by atoms with Gasteiger partial charge in [0.15, 0.2) is 0 Å². The van der Waals surface area contributed by atoms with Crippen molar-refractivity contribution in [3.05, 3.63) is 39.9 Å². The molecule has 2 rings (SSSR count). The number of aliphatic hydroxyl groups is 1. The Hall–Kier alpha value is -1.06. The molecular formula is C15H17BrO2. The summed E-state index contributed by atoms with van der Waals surface area (Å²) in [5.74, 6) is 0.119. The average Bonchev–Trinajstić information content (AvgIpc) is 2.32. The average molecular weight is 309 g/mol. The highest BCUT2D eigenvalue weighted by molar-refractivity contribution is 9.10. The van der Waals surface area contributed by atoms with Crippen LogP contribution in [0.2, 0.25) is 0 Å². The molecule has 0 amide bonds. The second-order valence-electron chi connectivity index (χ2n) is 5.54. The van der Waals surface area contributed by atoms with Gasteiger partial charge in [-0.1, -0.05) is 39.0 Å². The number of halogens is 1. The molecule has 0 aliphatic carbocycles. The summed E-state index contributed by atoms with van der Waals surface area (Å²) >= 11 is 3.39. The second kappa shape index (κ2) is 4.56. The molecule has 0 aliphatic rings. The molecule has 0 radical (unpaired) electrons. The Labute approximate surface area is 115 Å². The lowest BCUT2D eigenvalue weighted by Gasteiger charge is -2.20. The molecule has 0 saturated heterocycles. The van der Waals surface area contributed by atoms with Crippen LogP contribution in [-0.4, -0.2) is 10.2 Å². The SMILES string of the molecule is CC(C)(C)c1ccc2c(Br)c(O)c(CO)cc2c1. The summed E-state index contributed by atoms with van der Waals surface area (Å²) in [4.78, 5) is 0. The monoisotopic (exact) mass is 308 g/mol. The number of aliphatic hydroxyl groups excluding tert-OH is 1. The lowest BCUT2D eigenvalue weighted by atomic mass is 9.85. The molecule has 0 heterocycles. The van der Waals surface area contributed by atoms with Crippen molar-refractivity contribution in [3.63, 3.8) is 0 Å². The molecule has 3 heteroatoms. The number of rotatable bonds is 1. The van der Waals surface area contributed by atoms with Crippen molar-refractivity contribution >= 4 is 26.7 Å². The Bertz CT molecular complexity index is 597. The lowest BCUT2D eigenvalue weighted by molar-refractivity contribution is 0.275. The van der Waals surface area contributed by atoms with Gasteiger partial charge in [0.1, 0.15) is 5.75 Å². The quantitative estimate of drug-likeness (QED) is 0.832. The van der Waals surface area contributed by atoms with E-state index in [2.05, 4.69) is 48.8 Å². The van der Waals surface area contributed by atoms with Gasteiger partial charge in [0.05, 0.1) is 11.1 Å². The minimum Gasteiger partial charge on any atom is -0.506 e. The van der Waals surface area contributed by atoms with Gasteiger partial charge >= 0.3 is 0 Å². The Morgan fingerprint density at radius 2 is 1.83 bits per heavy atom. The molecule has 2 aromatic rings. The first kappa shape index (κ1) is 13.4. The van der Waals surface area contributed by atoms with Crippen LogP contribution in [0.4, 0.5) is 0 Å². The summed E-state index contributed by atoms with van der Waals surface area (Å²) in [6.45, 7) is 6.32. The summed E-state index contributed by atoms with van der Waals surface area (Å²) in [5, 5.41) is 21.1. The van der Waals surface area contributed by atoms with Crippen LogP contribution in [0.5, 0.6) is 5.75 Å². The van der Waals surface area contributed by atoms with E-state index in [0.717, 1.165) is 10.8 Å². The third-order valence-electron chi connectivity index (χ3n) is 3.17. The molecule has 0 atom stereocenters. The first-order valence-corrected chi connectivity index (χ1v) is 6.69. The molecule has 0 saturated carbocycles. The number of phenols is 1. The molecule has 2 aromatic carbocycles. The Morgan fingerprint density at radius 3 is 2.39 bits per heavy atom. The van der Waals surface area contributed by atoms with Gasteiger partial charge in [-0.25, -0.2) is 0 Å². The number of hydrogen-bond acceptors (Lipinski definition) is 2. The topological polar surface area (TPSA) is 40.5 Å². The largest absolute Gasteiger partial charge is 0.506 e. The third-order valence-corrected chi connectivity index (χ3v) is 3.97. The second-order valence-corrected chi connectivity index (χ2v) is 6.34. The maximum Gasteiger partial charge on any atom is 0.135 e. The summed E-state index contributed by atoms with van der Waals surface area (Å²) < 4.78 is 0.643. The van der Waals surface area contributed by atoms with Crippen molar-refractivity contribution in [2.45, 2.75) is 32.8 Å². The van der Waals surface area contributed by atoms with E-state index in [1.807, 2.05) is 12.1 Å². The molecule has 0 fully saturated rings. The molecule has 18 heavy (non-hydrogen) atoms. The first-order valence-electron chi connectivity index (χ1n) is 5.90. The predicted octanol–water partition coefficient (Wildman–Crippen LogP) is 4.10. The first-order chi connectivity index (χ1) is 8.34. The van der Waals surface area contributed by atoms with E-state index in [0.29, 0.717) is 10.0 Å². The normalized spacial score (nSPS) is 12.1. The standard InChI is InChI=1S/C15H17BrO2/c1-15(2,3)11-4-5-12-9(7-11)6-10(8-17)14(18)13(12)16/h4-7,17-18H,8H2,1-3H3. The fourth-order valence-corrected chi connectivity index (χ4v) is 2.61. The third kappa shape index (κ3) is 2.25. The highest BCUT2D eigenvalue weighted by Crippen LogP contribution is 2.37. The molecule has 96 valence electrons. The molecular weight excluding hydrogens is 292 g/mol. The zero-order valence-electron chi connectivity index (χ0n) is 10.8. The maximum atomic E-state index is 9.92. The van der Waals surface area contributed by atoms with Crippen molar-refractivity contribution in [2.75, 3.05) is 0 Å². The van der Waals surface area contributed by atoms with E-state index in [-0.39, 0.29) is 17.8 Å². The van der Waals surface area contributed by atoms with Gasteiger partial charge < -0.3 is 10.2 Å². The number of aromatic hydroxyl groups is 1. The van der Waals surface area contributed by atoms with E-state index in [9.17, 15) is 10.2 Å². The highest BCUT2D eigenvalue weighted by atomic mass is 79.9. The smallest absolute Gasteiger partial charge is 0.135 e. The minimum absolute atomic E-state index is 0.0813. The number of fused-ring (bicyclic) bond motifs is 1. The molecule has 2 nitrogen and oxygen atoms in total. The van der Waals surface area contributed by atoms with Crippen LogP contribution in [0, 0.1) is 0 Å². The van der Waals surface area contributed by atoms with Crippen molar-refractivity contribution < 1.29 is 10.2 Å². The number of hydrogen-bond donors (Lipinski definition) is 2. The van der Waals surface area contributed by atoms with E-state index >= 15 is 0 Å². The Morgan fingerprint density at radius 1 is 1.17 bits per heavy atom. The predicted molar refractivity (Wildman–Crippen MR) is 77.9 cm³/mol. The van der Waals surface area contributed by atoms with Crippen molar-refractivity contribution in [1.82, 2.24) is 0 Å². The van der Waals surface area contributed by atoms with Crippen LogP contribution in [0.1, 0.15) is 31.9 Å². The highest BCUT2D eigenvalue weighted by Gasteiger charge is 2.16. The lowest BCUT2D eigenvalue weighted by Crippen LogP contribution is -2.10. The van der Waals surface area contributed by atoms with Gasteiger partial charge in [-0.2, -0.15) is 0 Å². The zero-order valence-corrected chi connectivity index (χ0v) is 12.4. The van der Waals surface area contributed by atoms with Crippen molar-refractivity contribution in [1.29, 1.82) is 0 Å². The Balaban J connectivity index is 2.74. The van der Waals surface area contributed by atoms with Gasteiger partial charge in [-0.3, -0.25) is 0 Å². The minimum atomic E-state index is -0.167. The molecule has 2 N–H and O–H groups in total. The van der Waals surface area contributed by atoms with Gasteiger partial charge in [-0.05, 0) is 43.7 Å². The van der Waals surface area contributed by atoms with Crippen LogP contribution in [0.25, 0.3) is 10.8 Å². The van der Waals surface area contributed by atoms with Crippen LogP contribution >= 0.6 is 15.9 Å². The van der Waals surface area contributed by atoms with E-state index in [1.54, 1.807) is 0 Å². The molecule has 0 aliphatic heterocycles. The van der Waals surface area contributed by atoms with Gasteiger partial charge in [0.25, 0.3) is 0 Å². The van der Waals surface area contributed by atoms with Crippen LogP contribution in [0.3, 0.4) is 0 Å². The summed E-state index contributed by atoms with van der Waals surface area (Å²) in [6.07, 6.45) is 0.